The average molecular weight is 239 g/mol. The van der Waals surface area contributed by atoms with Gasteiger partial charge in [-0.15, -0.1) is 0 Å². The topological polar surface area (TPSA) is 92.8 Å². The Morgan fingerprint density at radius 3 is 3.00 bits per heavy atom. The van der Waals surface area contributed by atoms with Gasteiger partial charge < -0.3 is 20.5 Å². The zero-order valence-electron chi connectivity index (χ0n) is 8.89. The summed E-state index contributed by atoms with van der Waals surface area (Å²) in [5, 5.41) is 18.2. The van der Waals surface area contributed by atoms with Crippen LogP contribution in [0.2, 0.25) is 0 Å². The number of carboxylic acids is 1. The Balaban J connectivity index is 2.37. The Labute approximate surface area is 97.1 Å². The molecule has 1 aromatic carbocycles. The van der Waals surface area contributed by atoms with E-state index in [2.05, 4.69) is 0 Å². The van der Waals surface area contributed by atoms with E-state index in [4.69, 9.17) is 15.5 Å². The maximum Gasteiger partial charge on any atom is 0.491 e. The normalized spacial score (nSPS) is 15.8. The van der Waals surface area contributed by atoms with Crippen LogP contribution < -0.4 is 11.2 Å². The third kappa shape index (κ3) is 2.17. The molecule has 0 radical (unpaired) electrons. The second-order valence-corrected chi connectivity index (χ2v) is 3.91. The molecule has 0 saturated heterocycles. The second-order valence-electron chi connectivity index (χ2n) is 3.91. The fourth-order valence-corrected chi connectivity index (χ4v) is 1.86. The van der Waals surface area contributed by atoms with Crippen molar-refractivity contribution in [3.05, 3.63) is 29.1 Å². The number of halogens is 1. The highest BCUT2D eigenvalue weighted by Crippen LogP contribution is 2.19. The van der Waals surface area contributed by atoms with Gasteiger partial charge in [0, 0.05) is 6.42 Å². The number of hydrogen-bond donors (Lipinski definition) is 3. The summed E-state index contributed by atoms with van der Waals surface area (Å²) in [7, 11) is -1.08. The Bertz CT molecular complexity index is 468. The van der Waals surface area contributed by atoms with E-state index in [1.54, 1.807) is 0 Å². The van der Waals surface area contributed by atoms with Crippen LogP contribution in [0.5, 0.6) is 0 Å². The Kier molecular flexibility index (Phi) is 3.14. The van der Waals surface area contributed by atoms with Crippen molar-refractivity contribution in [2.24, 2.45) is 5.73 Å². The number of aliphatic carboxylic acids is 1. The van der Waals surface area contributed by atoms with Crippen LogP contribution in [0.3, 0.4) is 0 Å². The van der Waals surface area contributed by atoms with E-state index in [9.17, 15) is 14.2 Å². The van der Waals surface area contributed by atoms with Crippen LogP contribution in [-0.4, -0.2) is 29.3 Å². The van der Waals surface area contributed by atoms with Gasteiger partial charge in [-0.25, -0.2) is 4.39 Å². The van der Waals surface area contributed by atoms with E-state index in [1.807, 2.05) is 0 Å². The number of fused-ring (bicyclic) bond motifs is 1. The number of nitrogens with two attached hydrogens (primary N) is 1. The van der Waals surface area contributed by atoms with E-state index in [0.29, 0.717) is 11.0 Å². The molecule has 1 aliphatic heterocycles. The van der Waals surface area contributed by atoms with Gasteiger partial charge in [-0.3, -0.25) is 4.79 Å². The van der Waals surface area contributed by atoms with Crippen molar-refractivity contribution >= 4 is 18.6 Å². The van der Waals surface area contributed by atoms with E-state index in [0.717, 1.165) is 0 Å². The fourth-order valence-electron chi connectivity index (χ4n) is 1.86. The maximum atomic E-state index is 13.6. The minimum Gasteiger partial charge on any atom is -0.480 e. The molecular formula is C10H11BFNO4. The van der Waals surface area contributed by atoms with Gasteiger partial charge in [-0.1, -0.05) is 6.07 Å². The van der Waals surface area contributed by atoms with E-state index in [-0.39, 0.29) is 18.6 Å². The first kappa shape index (κ1) is 12.0. The van der Waals surface area contributed by atoms with Crippen LogP contribution >= 0.6 is 0 Å². The molecule has 1 aliphatic rings. The summed E-state index contributed by atoms with van der Waals surface area (Å²) in [6.45, 7) is 0.0654. The zero-order valence-corrected chi connectivity index (χ0v) is 8.89. The number of hydrogen-bond acceptors (Lipinski definition) is 4. The molecule has 0 saturated carbocycles. The van der Waals surface area contributed by atoms with Crippen molar-refractivity contribution in [2.45, 2.75) is 19.1 Å². The highest BCUT2D eigenvalue weighted by atomic mass is 19.1. The zero-order chi connectivity index (χ0) is 12.6. The van der Waals surface area contributed by atoms with Crippen molar-refractivity contribution in [1.82, 2.24) is 0 Å². The fraction of sp³-hybridized carbons (Fsp3) is 0.300. The summed E-state index contributed by atoms with van der Waals surface area (Å²) >= 11 is 0. The van der Waals surface area contributed by atoms with Crippen LogP contribution in [-0.2, 0) is 22.5 Å². The summed E-state index contributed by atoms with van der Waals surface area (Å²) in [5.74, 6) is -1.72. The lowest BCUT2D eigenvalue weighted by Crippen LogP contribution is -2.34. The standard InChI is InChI=1S/C10H11BFNO4/c12-8-2-1-7-6(4-17-11(7)16)5(8)3-9(13)10(14)15/h1-2,9,16H,3-4,13H2,(H,14,15)/t9-/m0/s1. The highest BCUT2D eigenvalue weighted by Gasteiger charge is 2.31. The lowest BCUT2D eigenvalue weighted by Gasteiger charge is -2.11. The van der Waals surface area contributed by atoms with Gasteiger partial charge in [-0.2, -0.15) is 0 Å². The molecule has 1 aromatic rings. The van der Waals surface area contributed by atoms with Crippen molar-refractivity contribution in [3.63, 3.8) is 0 Å². The summed E-state index contributed by atoms with van der Waals surface area (Å²) in [4.78, 5) is 10.7. The van der Waals surface area contributed by atoms with Gasteiger partial charge in [0.2, 0.25) is 0 Å². The molecule has 5 nitrogen and oxygen atoms in total. The van der Waals surface area contributed by atoms with Crippen molar-refractivity contribution < 1.29 is 24.0 Å². The number of rotatable bonds is 3. The molecule has 0 fully saturated rings. The summed E-state index contributed by atoms with van der Waals surface area (Å²) in [6.07, 6.45) is -0.125. The largest absolute Gasteiger partial charge is 0.491 e. The molecular weight excluding hydrogens is 228 g/mol. The molecule has 1 atom stereocenters. The number of benzene rings is 1. The van der Waals surface area contributed by atoms with Crippen molar-refractivity contribution in [3.8, 4) is 0 Å². The van der Waals surface area contributed by atoms with Gasteiger partial charge >= 0.3 is 13.1 Å². The first-order valence-electron chi connectivity index (χ1n) is 5.09. The van der Waals surface area contributed by atoms with Crippen LogP contribution in [0.1, 0.15) is 11.1 Å². The highest BCUT2D eigenvalue weighted by molar-refractivity contribution is 6.61. The van der Waals surface area contributed by atoms with Crippen LogP contribution in [0, 0.1) is 5.82 Å². The molecule has 90 valence electrons. The lowest BCUT2D eigenvalue weighted by atomic mass is 9.78. The van der Waals surface area contributed by atoms with E-state index < -0.39 is 24.9 Å². The Morgan fingerprint density at radius 1 is 1.65 bits per heavy atom. The van der Waals surface area contributed by atoms with Crippen LogP contribution in [0.25, 0.3) is 0 Å². The molecule has 7 heteroatoms. The molecule has 1 heterocycles. The third-order valence-corrected chi connectivity index (χ3v) is 2.80. The van der Waals surface area contributed by atoms with Gasteiger partial charge in [-0.05, 0) is 22.7 Å². The molecule has 17 heavy (non-hydrogen) atoms. The summed E-state index contributed by atoms with van der Waals surface area (Å²) in [6, 6.07) is 1.44. The van der Waals surface area contributed by atoms with Crippen molar-refractivity contribution in [1.29, 1.82) is 0 Å². The maximum absolute atomic E-state index is 13.6. The number of carboxylic acid groups (broad SMARTS) is 1. The minimum atomic E-state index is -1.19. The summed E-state index contributed by atoms with van der Waals surface area (Å²) < 4.78 is 18.6. The molecule has 0 spiro atoms. The average Bonchev–Trinajstić information content (AvgIpc) is 2.64. The SMILES string of the molecule is N[C@@H](Cc1c(F)ccc2c1COB2O)C(=O)O. The van der Waals surface area contributed by atoms with Crippen LogP contribution in [0.15, 0.2) is 12.1 Å². The Hall–Kier alpha value is -1.44. The molecule has 0 aliphatic carbocycles. The van der Waals surface area contributed by atoms with Gasteiger partial charge in [0.05, 0.1) is 6.61 Å². The van der Waals surface area contributed by atoms with E-state index in [1.165, 1.54) is 12.1 Å². The molecule has 0 amide bonds. The minimum absolute atomic E-state index is 0.0654. The quantitative estimate of drug-likeness (QED) is 0.588. The molecule has 4 N–H and O–H groups in total. The van der Waals surface area contributed by atoms with Gasteiger partial charge in [0.25, 0.3) is 0 Å². The van der Waals surface area contributed by atoms with Crippen LogP contribution in [0.4, 0.5) is 4.39 Å². The monoisotopic (exact) mass is 239 g/mol. The second kappa shape index (κ2) is 4.44. The summed E-state index contributed by atoms with van der Waals surface area (Å²) in [5.41, 5.74) is 6.55. The first-order valence-corrected chi connectivity index (χ1v) is 5.09. The smallest absolute Gasteiger partial charge is 0.480 e. The molecule has 0 bridgehead atoms. The van der Waals surface area contributed by atoms with E-state index >= 15 is 0 Å². The Morgan fingerprint density at radius 2 is 2.35 bits per heavy atom. The van der Waals surface area contributed by atoms with Crippen molar-refractivity contribution in [2.75, 3.05) is 0 Å². The number of carbonyl (C=O) groups is 1. The first-order chi connectivity index (χ1) is 8.00. The molecule has 0 aromatic heterocycles. The predicted molar refractivity (Wildman–Crippen MR) is 58.1 cm³/mol. The lowest BCUT2D eigenvalue weighted by molar-refractivity contribution is -0.138. The van der Waals surface area contributed by atoms with Gasteiger partial charge in [0.1, 0.15) is 11.9 Å². The third-order valence-electron chi connectivity index (χ3n) is 2.80. The van der Waals surface area contributed by atoms with Gasteiger partial charge in [0.15, 0.2) is 0 Å². The molecule has 2 rings (SSSR count). The predicted octanol–water partition coefficient (Wildman–Crippen LogP) is -1.00. The molecule has 0 unspecified atom stereocenters.